The predicted molar refractivity (Wildman–Crippen MR) is 152 cm³/mol. The molecule has 10 nitrogen and oxygen atoms in total. The van der Waals surface area contributed by atoms with Gasteiger partial charge in [-0.1, -0.05) is 31.3 Å². The number of nitrogens with one attached hydrogen (secondary N) is 2. The molecule has 0 bridgehead atoms. The molecule has 0 aliphatic heterocycles. The Labute approximate surface area is 236 Å². The van der Waals surface area contributed by atoms with Crippen molar-refractivity contribution in [3.63, 3.8) is 0 Å². The number of nitrogens with zero attached hydrogens (tertiary/aromatic N) is 6. The van der Waals surface area contributed by atoms with Gasteiger partial charge in [-0.2, -0.15) is 0 Å². The Morgan fingerprint density at radius 3 is 2.50 bits per heavy atom. The first-order valence-corrected chi connectivity index (χ1v) is 15.2. The van der Waals surface area contributed by atoms with Crippen LogP contribution in [0.5, 0.6) is 0 Å². The van der Waals surface area contributed by atoms with Crippen molar-refractivity contribution in [1.29, 1.82) is 0 Å². The highest BCUT2D eigenvalue weighted by Gasteiger charge is 2.40. The van der Waals surface area contributed by atoms with E-state index in [2.05, 4.69) is 39.3 Å². The molecule has 1 unspecified atom stereocenters. The number of alkyl halides is 1. The lowest BCUT2D eigenvalue weighted by atomic mass is 9.80. The number of rotatable bonds is 8. The molecule has 4 heterocycles. The number of aromatic nitrogens is 7. The van der Waals surface area contributed by atoms with Crippen LogP contribution >= 0.6 is 11.3 Å². The molecule has 214 valence electrons. The van der Waals surface area contributed by atoms with E-state index in [0.717, 1.165) is 48.4 Å². The van der Waals surface area contributed by atoms with E-state index in [4.69, 9.17) is 14.5 Å². The predicted octanol–water partition coefficient (Wildman–Crippen LogP) is 5.90. The van der Waals surface area contributed by atoms with Crippen molar-refractivity contribution < 1.29 is 8.91 Å². The van der Waals surface area contributed by atoms with Gasteiger partial charge in [0.15, 0.2) is 17.3 Å². The van der Waals surface area contributed by atoms with Gasteiger partial charge in [-0.3, -0.25) is 9.51 Å². The zero-order valence-corrected chi connectivity index (χ0v) is 24.6. The van der Waals surface area contributed by atoms with Gasteiger partial charge in [-0.15, -0.1) is 11.3 Å². The standard InChI is InChI=1S/C28H37FN8O2S/c1-14-9-11-18(12-10-14)13-37-20-22(30-15(2)19-7-6-8-19)32-24(25-35-27(38)39-36-25)33-23(20)34-26(37)28(5,29)21-16(3)40-17(4)31-21/h14-15,18-19H,6-13H2,1-5H3,(H,30,32,33)(H,35,36,38)/t14-,15-,18-,28?/m1/s1. The summed E-state index contributed by atoms with van der Waals surface area (Å²) in [6, 6.07) is 0.151. The summed E-state index contributed by atoms with van der Waals surface area (Å²) in [5.74, 6) is 2.05. The lowest BCUT2D eigenvalue weighted by Crippen LogP contribution is -2.31. The first-order valence-electron chi connectivity index (χ1n) is 14.3. The SMILES string of the molecule is Cc1nc(C(C)(F)c2nc3nc(-c4noc(=O)[nH]4)nc(N[C@H](C)C4CCC4)c3n2C[C@H]2CC[C@H](C)CC2)c(C)s1. The van der Waals surface area contributed by atoms with Crippen molar-refractivity contribution in [2.45, 2.75) is 97.8 Å². The third-order valence-corrected chi connectivity index (χ3v) is 9.71. The quantitative estimate of drug-likeness (QED) is 0.269. The van der Waals surface area contributed by atoms with Gasteiger partial charge >= 0.3 is 5.76 Å². The molecule has 0 amide bonds. The summed E-state index contributed by atoms with van der Waals surface area (Å²) in [5.41, 5.74) is -0.542. The van der Waals surface area contributed by atoms with E-state index < -0.39 is 11.4 Å². The Balaban J connectivity index is 1.54. The van der Waals surface area contributed by atoms with Crippen LogP contribution in [0.4, 0.5) is 10.2 Å². The molecular formula is C28H37FN8O2S. The number of anilines is 1. The Morgan fingerprint density at radius 1 is 1.15 bits per heavy atom. The van der Waals surface area contributed by atoms with Gasteiger partial charge in [-0.05, 0) is 71.1 Å². The summed E-state index contributed by atoms with van der Waals surface area (Å²) in [6.45, 7) is 10.4. The van der Waals surface area contributed by atoms with Crippen LogP contribution in [0.3, 0.4) is 0 Å². The van der Waals surface area contributed by atoms with E-state index in [1.807, 2.05) is 18.4 Å². The molecule has 0 saturated heterocycles. The van der Waals surface area contributed by atoms with Gasteiger partial charge in [0.2, 0.25) is 17.3 Å². The minimum atomic E-state index is -1.95. The zero-order valence-electron chi connectivity index (χ0n) is 23.8. The second kappa shape index (κ2) is 10.4. The number of halogens is 1. The summed E-state index contributed by atoms with van der Waals surface area (Å²) >= 11 is 1.48. The van der Waals surface area contributed by atoms with Crippen molar-refractivity contribution in [2.75, 3.05) is 5.32 Å². The van der Waals surface area contributed by atoms with Crippen LogP contribution in [0.1, 0.15) is 87.1 Å². The average molecular weight is 569 g/mol. The number of imidazole rings is 1. The first kappa shape index (κ1) is 27.0. The molecule has 6 rings (SSSR count). The summed E-state index contributed by atoms with van der Waals surface area (Å²) in [4.78, 5) is 34.0. The smallest absolute Gasteiger partial charge is 0.365 e. The van der Waals surface area contributed by atoms with Gasteiger partial charge in [0, 0.05) is 17.5 Å². The van der Waals surface area contributed by atoms with E-state index in [9.17, 15) is 4.79 Å². The first-order chi connectivity index (χ1) is 19.1. The number of fused-ring (bicyclic) bond motifs is 1. The lowest BCUT2D eigenvalue weighted by molar-refractivity contribution is 0.209. The van der Waals surface area contributed by atoms with Crippen molar-refractivity contribution in [3.05, 3.63) is 32.0 Å². The van der Waals surface area contributed by atoms with E-state index in [1.165, 1.54) is 17.8 Å². The molecule has 0 aromatic carbocycles. The Morgan fingerprint density at radius 2 is 1.90 bits per heavy atom. The van der Waals surface area contributed by atoms with Gasteiger partial charge in [0.1, 0.15) is 5.52 Å². The third-order valence-electron chi connectivity index (χ3n) is 8.82. The molecule has 2 aliphatic carbocycles. The number of aryl methyl sites for hydroxylation is 2. The molecule has 4 aromatic heterocycles. The average Bonchev–Trinajstić information content (AvgIpc) is 3.56. The number of aromatic amines is 1. The number of hydrogen-bond acceptors (Lipinski definition) is 9. The monoisotopic (exact) mass is 568 g/mol. The van der Waals surface area contributed by atoms with Gasteiger partial charge in [0.25, 0.3) is 0 Å². The number of hydrogen-bond donors (Lipinski definition) is 2. The van der Waals surface area contributed by atoms with E-state index in [-0.39, 0.29) is 23.5 Å². The van der Waals surface area contributed by atoms with Gasteiger partial charge < -0.3 is 9.88 Å². The third kappa shape index (κ3) is 4.95. The van der Waals surface area contributed by atoms with Crippen molar-refractivity contribution >= 4 is 28.3 Å². The maximum atomic E-state index is 17.1. The van der Waals surface area contributed by atoms with Crippen LogP contribution in [-0.2, 0) is 12.2 Å². The Kier molecular flexibility index (Phi) is 7.00. The molecule has 2 N–H and O–H groups in total. The highest BCUT2D eigenvalue weighted by Crippen LogP contribution is 2.41. The highest BCUT2D eigenvalue weighted by molar-refractivity contribution is 7.11. The second-order valence-corrected chi connectivity index (χ2v) is 13.4. The molecule has 2 aliphatic rings. The fraction of sp³-hybridized carbons (Fsp3) is 0.643. The molecule has 2 atom stereocenters. The second-order valence-electron chi connectivity index (χ2n) is 11.9. The molecule has 0 radical (unpaired) electrons. The minimum absolute atomic E-state index is 0.109. The molecular weight excluding hydrogens is 531 g/mol. The number of H-pyrrole nitrogens is 1. The molecule has 4 aromatic rings. The molecule has 40 heavy (non-hydrogen) atoms. The van der Waals surface area contributed by atoms with Crippen LogP contribution in [-0.4, -0.2) is 40.7 Å². The minimum Gasteiger partial charge on any atom is -0.365 e. The molecule has 12 heteroatoms. The Hall–Kier alpha value is -3.15. The molecule has 2 fully saturated rings. The fourth-order valence-electron chi connectivity index (χ4n) is 6.22. The maximum absolute atomic E-state index is 17.1. The summed E-state index contributed by atoms with van der Waals surface area (Å²) in [5, 5.41) is 8.23. The van der Waals surface area contributed by atoms with Crippen molar-refractivity contribution in [2.24, 2.45) is 17.8 Å². The fourth-order valence-corrected chi connectivity index (χ4v) is 7.13. The van der Waals surface area contributed by atoms with Crippen LogP contribution in [0.15, 0.2) is 9.32 Å². The van der Waals surface area contributed by atoms with Gasteiger partial charge in [0.05, 0.1) is 10.7 Å². The van der Waals surface area contributed by atoms with Gasteiger partial charge in [-0.25, -0.2) is 29.1 Å². The van der Waals surface area contributed by atoms with Crippen LogP contribution in [0.2, 0.25) is 0 Å². The van der Waals surface area contributed by atoms with E-state index in [0.29, 0.717) is 47.0 Å². The summed E-state index contributed by atoms with van der Waals surface area (Å²) < 4.78 is 23.8. The maximum Gasteiger partial charge on any atom is 0.439 e. The summed E-state index contributed by atoms with van der Waals surface area (Å²) in [7, 11) is 0. The van der Waals surface area contributed by atoms with Crippen LogP contribution in [0, 0.1) is 31.6 Å². The van der Waals surface area contributed by atoms with Crippen LogP contribution in [0.25, 0.3) is 22.8 Å². The number of thiazole rings is 1. The van der Waals surface area contributed by atoms with Crippen molar-refractivity contribution in [1.82, 2.24) is 34.6 Å². The van der Waals surface area contributed by atoms with E-state index in [1.54, 1.807) is 6.92 Å². The largest absolute Gasteiger partial charge is 0.439 e. The topological polar surface area (TPSA) is 127 Å². The normalized spacial score (nSPS) is 22.2. The van der Waals surface area contributed by atoms with Crippen molar-refractivity contribution in [3.8, 4) is 11.6 Å². The zero-order chi connectivity index (χ0) is 28.2. The van der Waals surface area contributed by atoms with Crippen LogP contribution < -0.4 is 11.1 Å². The molecule has 0 spiro atoms. The van der Waals surface area contributed by atoms with E-state index >= 15 is 4.39 Å². The lowest BCUT2D eigenvalue weighted by Gasteiger charge is -2.32. The molecule has 2 saturated carbocycles. The Bertz CT molecular complexity index is 1570. The summed E-state index contributed by atoms with van der Waals surface area (Å²) in [6.07, 6.45) is 8.01. The highest BCUT2D eigenvalue weighted by atomic mass is 32.1.